The minimum atomic E-state index is -0.527. The first-order chi connectivity index (χ1) is 13.3. The average molecular weight is 630 g/mol. The third kappa shape index (κ3) is 10.6. The van der Waals surface area contributed by atoms with Crippen molar-refractivity contribution in [1.29, 1.82) is 0 Å². The summed E-state index contributed by atoms with van der Waals surface area (Å²) in [4.78, 5) is 30.7. The van der Waals surface area contributed by atoms with Crippen molar-refractivity contribution in [2.45, 2.75) is 40.2 Å². The number of nitro benzene ring substituents is 2. The number of carbonyl (C=O) groups is 1. The quantitative estimate of drug-likeness (QED) is 0.165. The van der Waals surface area contributed by atoms with E-state index in [-0.39, 0.29) is 24.6 Å². The summed E-state index contributed by atoms with van der Waals surface area (Å²) in [5.41, 5.74) is 1.29. The van der Waals surface area contributed by atoms with E-state index in [1.165, 1.54) is 36.4 Å². The van der Waals surface area contributed by atoms with Crippen LogP contribution in [0.4, 0.5) is 11.4 Å². The number of hydrogen-bond donors (Lipinski definition) is 1. The molecule has 8 nitrogen and oxygen atoms in total. The number of rotatable bonds is 6. The molecule has 1 atom stereocenters. The minimum absolute atomic E-state index is 0. The zero-order valence-electron chi connectivity index (χ0n) is 15.2. The number of Topliss-reactive ketones (excluding diaryl/α,β-unsaturated/α-hetero) is 1. The Kier molecular flexibility index (Phi) is 16.5. The normalized spacial score (nSPS) is 10.1. The van der Waals surface area contributed by atoms with Gasteiger partial charge in [-0.3, -0.25) is 25.0 Å². The monoisotopic (exact) mass is 630 g/mol. The van der Waals surface area contributed by atoms with E-state index in [2.05, 4.69) is 37.2 Å². The molecule has 0 radical (unpaired) electrons. The summed E-state index contributed by atoms with van der Waals surface area (Å²) >= 11 is 4.24. The van der Waals surface area contributed by atoms with Gasteiger partial charge in [0.15, 0.2) is 5.78 Å². The van der Waals surface area contributed by atoms with Gasteiger partial charge in [-0.1, -0.05) is 21.3 Å². The maximum absolute atomic E-state index is 11.1. The molecule has 0 fully saturated rings. The lowest BCUT2D eigenvalue weighted by molar-refractivity contribution is -0.385. The predicted molar refractivity (Wildman–Crippen MR) is 131 cm³/mol. The summed E-state index contributed by atoms with van der Waals surface area (Å²) in [6.07, 6.45) is 0.496. The molecular formula is C19H24I2N2O6. The number of halogens is 2. The molecule has 0 spiro atoms. The molecule has 0 aliphatic rings. The highest BCUT2D eigenvalue weighted by Gasteiger charge is 2.08. The van der Waals surface area contributed by atoms with E-state index in [0.717, 1.165) is 0 Å². The van der Waals surface area contributed by atoms with Crippen LogP contribution in [-0.2, 0) is 0 Å². The second-order valence-electron chi connectivity index (χ2n) is 5.35. The van der Waals surface area contributed by atoms with Gasteiger partial charge in [-0.25, -0.2) is 0 Å². The second-order valence-corrected chi connectivity index (χ2v) is 5.35. The van der Waals surface area contributed by atoms with Crippen LogP contribution in [0.2, 0.25) is 0 Å². The summed E-state index contributed by atoms with van der Waals surface area (Å²) < 4.78 is 0. The molecule has 29 heavy (non-hydrogen) atoms. The molecule has 0 aliphatic heterocycles. The van der Waals surface area contributed by atoms with Gasteiger partial charge in [0.1, 0.15) is 0 Å². The Morgan fingerprint density at radius 3 is 1.62 bits per heavy atom. The highest BCUT2D eigenvalue weighted by Crippen LogP contribution is 2.19. The molecule has 2 rings (SSSR count). The van der Waals surface area contributed by atoms with E-state index in [1.807, 2.05) is 6.92 Å². The van der Waals surface area contributed by atoms with Crippen LogP contribution in [0.15, 0.2) is 48.5 Å². The Hall–Kier alpha value is -1.67. The molecule has 2 aromatic rings. The van der Waals surface area contributed by atoms with Crippen molar-refractivity contribution in [3.63, 3.8) is 0 Å². The fraction of sp³-hybridized carbons (Fsp3) is 0.316. The van der Waals surface area contributed by atoms with Gasteiger partial charge in [0, 0.05) is 73.5 Å². The number of carbonyl (C=O) groups excluding carboxylic acids is 1. The van der Waals surface area contributed by atoms with Crippen molar-refractivity contribution < 1.29 is 19.7 Å². The van der Waals surface area contributed by atoms with Crippen molar-refractivity contribution in [3.8, 4) is 0 Å². The van der Waals surface area contributed by atoms with E-state index in [1.54, 1.807) is 19.1 Å². The van der Waals surface area contributed by atoms with Gasteiger partial charge in [-0.05, 0) is 36.2 Å². The molecule has 0 aromatic heterocycles. The first-order valence-electron chi connectivity index (χ1n) is 8.14. The van der Waals surface area contributed by atoms with Crippen LogP contribution in [0.3, 0.4) is 0 Å². The summed E-state index contributed by atoms with van der Waals surface area (Å²) in [6, 6.07) is 11.6. The average Bonchev–Trinajstić information content (AvgIpc) is 2.74. The number of nitro groups is 2. The SMILES string of the molecule is C.CCC(=O)c1ccc([N+](=O)[O-])cc1.CCC(O)c1ccc([N+](=O)[O-])cc1.II. The van der Waals surface area contributed by atoms with Crippen LogP contribution in [-0.4, -0.2) is 20.7 Å². The number of non-ortho nitro benzene ring substituents is 2. The van der Waals surface area contributed by atoms with Crippen LogP contribution in [0.25, 0.3) is 0 Å². The standard InChI is InChI=1S/C9H11NO3.C9H9NO3.CH4.I2/c2*1-2-9(11)7-3-5-8(6-4-7)10(12)13;;1-2/h3-6,9,11H,2H2,1H3;3-6H,2H2,1H3;1H4;. The predicted octanol–water partition coefficient (Wildman–Crippen LogP) is 6.63. The number of nitrogens with zero attached hydrogens (tertiary/aromatic N) is 2. The molecule has 2 aromatic carbocycles. The largest absolute Gasteiger partial charge is 0.388 e. The van der Waals surface area contributed by atoms with E-state index < -0.39 is 16.0 Å². The molecule has 0 heterocycles. The van der Waals surface area contributed by atoms with Gasteiger partial charge in [-0.15, -0.1) is 0 Å². The van der Waals surface area contributed by atoms with Crippen LogP contribution < -0.4 is 0 Å². The van der Waals surface area contributed by atoms with Gasteiger partial charge in [0.05, 0.1) is 16.0 Å². The fourth-order valence-corrected chi connectivity index (χ4v) is 2.03. The van der Waals surface area contributed by atoms with Gasteiger partial charge >= 0.3 is 0 Å². The molecule has 0 amide bonds. The Morgan fingerprint density at radius 2 is 1.31 bits per heavy atom. The molecule has 0 saturated carbocycles. The lowest BCUT2D eigenvalue weighted by atomic mass is 10.1. The molecular weight excluding hydrogens is 606 g/mol. The smallest absolute Gasteiger partial charge is 0.269 e. The maximum Gasteiger partial charge on any atom is 0.269 e. The van der Waals surface area contributed by atoms with Crippen molar-refractivity contribution >= 4 is 54.4 Å². The number of aliphatic hydroxyl groups excluding tert-OH is 1. The van der Waals surface area contributed by atoms with Crippen molar-refractivity contribution in [2.75, 3.05) is 0 Å². The van der Waals surface area contributed by atoms with Crippen LogP contribution >= 0.6 is 37.2 Å². The topological polar surface area (TPSA) is 124 Å². The molecule has 0 saturated heterocycles. The molecule has 0 aliphatic carbocycles. The summed E-state index contributed by atoms with van der Waals surface area (Å²) in [6.45, 7) is 3.61. The highest BCUT2D eigenvalue weighted by molar-refractivity contribution is 15.0. The maximum atomic E-state index is 11.1. The Labute approximate surface area is 193 Å². The lowest BCUT2D eigenvalue weighted by Crippen LogP contribution is -1.96. The molecule has 1 unspecified atom stereocenters. The zero-order valence-corrected chi connectivity index (χ0v) is 19.6. The number of ketones is 1. The van der Waals surface area contributed by atoms with Gasteiger partial charge < -0.3 is 5.11 Å². The van der Waals surface area contributed by atoms with Gasteiger partial charge in [-0.2, -0.15) is 0 Å². The Balaban J connectivity index is 0. The third-order valence-corrected chi connectivity index (χ3v) is 3.60. The van der Waals surface area contributed by atoms with E-state index in [0.29, 0.717) is 24.0 Å². The van der Waals surface area contributed by atoms with E-state index in [4.69, 9.17) is 0 Å². The lowest BCUT2D eigenvalue weighted by Gasteiger charge is -2.06. The van der Waals surface area contributed by atoms with Crippen LogP contribution in [0.1, 0.15) is 56.1 Å². The fourth-order valence-electron chi connectivity index (χ4n) is 2.03. The van der Waals surface area contributed by atoms with E-state index in [9.17, 15) is 30.1 Å². The van der Waals surface area contributed by atoms with Crippen molar-refractivity contribution in [1.82, 2.24) is 0 Å². The Bertz CT molecular complexity index is 767. The van der Waals surface area contributed by atoms with Gasteiger partial charge in [0.25, 0.3) is 11.4 Å². The van der Waals surface area contributed by atoms with Crippen molar-refractivity contribution in [2.24, 2.45) is 0 Å². The summed E-state index contributed by atoms with van der Waals surface area (Å²) in [5, 5.41) is 30.0. The second kappa shape index (κ2) is 16.2. The first kappa shape index (κ1) is 29.5. The summed E-state index contributed by atoms with van der Waals surface area (Å²) in [7, 11) is 0. The third-order valence-electron chi connectivity index (χ3n) is 3.60. The van der Waals surface area contributed by atoms with E-state index >= 15 is 0 Å². The van der Waals surface area contributed by atoms with Crippen LogP contribution in [0.5, 0.6) is 0 Å². The first-order valence-corrected chi connectivity index (χ1v) is 14.4. The molecule has 1 N–H and O–H groups in total. The molecule has 10 heteroatoms. The molecule has 0 bridgehead atoms. The van der Waals surface area contributed by atoms with Gasteiger partial charge in [0.2, 0.25) is 0 Å². The number of benzene rings is 2. The highest BCUT2D eigenvalue weighted by atomic mass is 128. The van der Waals surface area contributed by atoms with Crippen LogP contribution in [0, 0.1) is 20.2 Å². The Morgan fingerprint density at radius 1 is 0.931 bits per heavy atom. The zero-order chi connectivity index (χ0) is 21.7. The minimum Gasteiger partial charge on any atom is -0.388 e. The number of hydrogen-bond acceptors (Lipinski definition) is 6. The van der Waals surface area contributed by atoms with Crippen molar-refractivity contribution in [3.05, 3.63) is 79.9 Å². The number of aliphatic hydroxyl groups is 1. The molecule has 160 valence electrons. The summed E-state index contributed by atoms with van der Waals surface area (Å²) in [5.74, 6) is -0.00472.